The summed E-state index contributed by atoms with van der Waals surface area (Å²) in [5, 5.41) is 9.80. The minimum atomic E-state index is -1.13. The van der Waals surface area contributed by atoms with Crippen LogP contribution in [0.4, 0.5) is 4.39 Å². The molecule has 1 atom stereocenters. The minimum absolute atomic E-state index is 0.184. The molecule has 0 aromatic heterocycles. The number of aliphatic hydroxyl groups is 1. The van der Waals surface area contributed by atoms with Gasteiger partial charge in [0.25, 0.3) is 0 Å². The van der Waals surface area contributed by atoms with Gasteiger partial charge in [0.1, 0.15) is 11.9 Å². The number of methoxy groups -OCH3 is 2. The van der Waals surface area contributed by atoms with Crippen LogP contribution in [0.3, 0.4) is 0 Å². The lowest BCUT2D eigenvalue weighted by Crippen LogP contribution is -2.23. The molecule has 0 saturated heterocycles. The second kappa shape index (κ2) is 5.21. The van der Waals surface area contributed by atoms with E-state index in [0.29, 0.717) is 0 Å². The van der Waals surface area contributed by atoms with Crippen LogP contribution in [0.2, 0.25) is 0 Å². The number of benzene rings is 1. The molecule has 0 aliphatic heterocycles. The summed E-state index contributed by atoms with van der Waals surface area (Å²) in [4.78, 5) is 0. The van der Waals surface area contributed by atoms with Crippen molar-refractivity contribution >= 4 is 0 Å². The van der Waals surface area contributed by atoms with E-state index in [-0.39, 0.29) is 5.56 Å². The van der Waals surface area contributed by atoms with Gasteiger partial charge in [-0.25, -0.2) is 4.39 Å². The van der Waals surface area contributed by atoms with Gasteiger partial charge in [0.05, 0.1) is 0 Å². The van der Waals surface area contributed by atoms with Crippen molar-refractivity contribution in [1.82, 2.24) is 0 Å². The number of aryl methyl sites for hydroxylation is 1. The molecule has 1 aromatic rings. The Morgan fingerprint density at radius 2 is 1.87 bits per heavy atom. The Hall–Kier alpha value is -0.970. The number of ether oxygens (including phenoxy) is 2. The predicted octanol–water partition coefficient (Wildman–Crippen LogP) is 1.79. The third kappa shape index (κ3) is 2.75. The molecule has 1 unspecified atom stereocenters. The summed E-state index contributed by atoms with van der Waals surface area (Å²) in [7, 11) is 2.79. The van der Waals surface area contributed by atoms with E-state index in [0.717, 1.165) is 5.56 Å². The summed E-state index contributed by atoms with van der Waals surface area (Å²) < 4.78 is 23.1. The van der Waals surface area contributed by atoms with Crippen LogP contribution in [0.15, 0.2) is 18.2 Å². The maximum atomic E-state index is 13.4. The van der Waals surface area contributed by atoms with Gasteiger partial charge in [-0.1, -0.05) is 17.7 Å². The summed E-state index contributed by atoms with van der Waals surface area (Å²) in [6.07, 6.45) is -1.99. The van der Waals surface area contributed by atoms with Crippen LogP contribution < -0.4 is 0 Å². The van der Waals surface area contributed by atoms with E-state index in [1.807, 2.05) is 6.92 Å². The van der Waals surface area contributed by atoms with E-state index >= 15 is 0 Å². The summed E-state index contributed by atoms with van der Waals surface area (Å²) in [5.41, 5.74) is 1.06. The van der Waals surface area contributed by atoms with Crippen LogP contribution in [0.1, 0.15) is 17.2 Å². The lowest BCUT2D eigenvalue weighted by Gasteiger charge is -2.20. The molecule has 0 aliphatic rings. The van der Waals surface area contributed by atoms with Crippen molar-refractivity contribution in [2.75, 3.05) is 14.2 Å². The Bertz CT molecular complexity index is 324. The van der Waals surface area contributed by atoms with Gasteiger partial charge in [-0.15, -0.1) is 0 Å². The summed E-state index contributed by atoms with van der Waals surface area (Å²) in [6.45, 7) is 1.82. The quantitative estimate of drug-likeness (QED) is 0.776. The third-order valence-corrected chi connectivity index (χ3v) is 2.19. The van der Waals surface area contributed by atoms with Crippen LogP contribution in [-0.2, 0) is 9.47 Å². The second-order valence-electron chi connectivity index (χ2n) is 3.31. The average Bonchev–Trinajstić information content (AvgIpc) is 2.23. The first-order valence-electron chi connectivity index (χ1n) is 4.60. The van der Waals surface area contributed by atoms with Gasteiger partial charge in [0.2, 0.25) is 0 Å². The zero-order valence-corrected chi connectivity index (χ0v) is 9.03. The van der Waals surface area contributed by atoms with Crippen molar-refractivity contribution in [3.8, 4) is 0 Å². The molecule has 0 aliphatic carbocycles. The zero-order valence-electron chi connectivity index (χ0n) is 9.03. The van der Waals surface area contributed by atoms with Crippen LogP contribution in [0.25, 0.3) is 0 Å². The van der Waals surface area contributed by atoms with Crippen molar-refractivity contribution in [3.05, 3.63) is 35.1 Å². The molecule has 0 spiro atoms. The maximum Gasteiger partial charge on any atom is 0.187 e. The van der Waals surface area contributed by atoms with E-state index in [4.69, 9.17) is 9.47 Å². The van der Waals surface area contributed by atoms with Gasteiger partial charge in [-0.3, -0.25) is 0 Å². The lowest BCUT2D eigenvalue weighted by atomic mass is 10.1. The fraction of sp³-hybridized carbons (Fsp3) is 0.455. The maximum absolute atomic E-state index is 13.4. The Balaban J connectivity index is 2.98. The molecule has 3 nitrogen and oxygen atoms in total. The highest BCUT2D eigenvalue weighted by molar-refractivity contribution is 5.26. The molecule has 0 radical (unpaired) electrons. The fourth-order valence-electron chi connectivity index (χ4n) is 1.39. The van der Waals surface area contributed by atoms with E-state index in [1.54, 1.807) is 12.1 Å². The standard InChI is InChI=1S/C11H15FO3/c1-7-4-5-9(12)8(6-7)10(13)11(14-2)15-3/h4-6,10-11,13H,1-3H3. The Kier molecular flexibility index (Phi) is 4.20. The number of rotatable bonds is 4. The highest BCUT2D eigenvalue weighted by Crippen LogP contribution is 2.23. The van der Waals surface area contributed by atoms with E-state index in [2.05, 4.69) is 0 Å². The van der Waals surface area contributed by atoms with Gasteiger partial charge in [-0.05, 0) is 13.0 Å². The molecular weight excluding hydrogens is 199 g/mol. The van der Waals surface area contributed by atoms with Crippen molar-refractivity contribution < 1.29 is 19.0 Å². The van der Waals surface area contributed by atoms with Gasteiger partial charge < -0.3 is 14.6 Å². The van der Waals surface area contributed by atoms with Gasteiger partial charge in [0.15, 0.2) is 6.29 Å². The Labute approximate surface area is 88.4 Å². The van der Waals surface area contributed by atoms with Crippen LogP contribution in [0, 0.1) is 12.7 Å². The van der Waals surface area contributed by atoms with Gasteiger partial charge in [0, 0.05) is 19.8 Å². The first-order chi connectivity index (χ1) is 7.10. The third-order valence-electron chi connectivity index (χ3n) is 2.19. The first-order valence-corrected chi connectivity index (χ1v) is 4.60. The molecule has 0 bridgehead atoms. The molecule has 4 heteroatoms. The second-order valence-corrected chi connectivity index (χ2v) is 3.31. The number of halogens is 1. The van der Waals surface area contributed by atoms with E-state index < -0.39 is 18.2 Å². The highest BCUT2D eigenvalue weighted by atomic mass is 19.1. The fourth-order valence-corrected chi connectivity index (χ4v) is 1.39. The average molecular weight is 214 g/mol. The number of hydrogen-bond donors (Lipinski definition) is 1. The van der Waals surface area contributed by atoms with Crippen LogP contribution in [0.5, 0.6) is 0 Å². The molecular formula is C11H15FO3. The first kappa shape index (κ1) is 12.1. The molecule has 84 valence electrons. The monoisotopic (exact) mass is 214 g/mol. The highest BCUT2D eigenvalue weighted by Gasteiger charge is 2.22. The normalized spacial score (nSPS) is 13.2. The predicted molar refractivity (Wildman–Crippen MR) is 53.9 cm³/mol. The summed E-state index contributed by atoms with van der Waals surface area (Å²) in [5.74, 6) is -0.466. The Morgan fingerprint density at radius 1 is 1.27 bits per heavy atom. The smallest absolute Gasteiger partial charge is 0.187 e. The molecule has 1 rings (SSSR count). The number of aliphatic hydroxyl groups excluding tert-OH is 1. The zero-order chi connectivity index (χ0) is 11.4. The molecule has 0 amide bonds. The SMILES string of the molecule is COC(OC)C(O)c1cc(C)ccc1F. The van der Waals surface area contributed by atoms with E-state index in [1.165, 1.54) is 20.3 Å². The number of hydrogen-bond acceptors (Lipinski definition) is 3. The summed E-state index contributed by atoms with van der Waals surface area (Å²) in [6, 6.07) is 4.53. The Morgan fingerprint density at radius 3 is 2.40 bits per heavy atom. The lowest BCUT2D eigenvalue weighted by molar-refractivity contribution is -0.166. The van der Waals surface area contributed by atoms with Crippen molar-refractivity contribution in [2.24, 2.45) is 0 Å². The minimum Gasteiger partial charge on any atom is -0.383 e. The van der Waals surface area contributed by atoms with Crippen LogP contribution in [-0.4, -0.2) is 25.6 Å². The van der Waals surface area contributed by atoms with Crippen molar-refractivity contribution in [3.63, 3.8) is 0 Å². The van der Waals surface area contributed by atoms with Gasteiger partial charge in [-0.2, -0.15) is 0 Å². The molecule has 15 heavy (non-hydrogen) atoms. The molecule has 0 saturated carbocycles. The molecule has 0 fully saturated rings. The van der Waals surface area contributed by atoms with Crippen molar-refractivity contribution in [2.45, 2.75) is 19.3 Å². The van der Waals surface area contributed by atoms with E-state index in [9.17, 15) is 9.50 Å². The van der Waals surface area contributed by atoms with Crippen molar-refractivity contribution in [1.29, 1.82) is 0 Å². The molecule has 1 aromatic carbocycles. The molecule has 0 heterocycles. The topological polar surface area (TPSA) is 38.7 Å². The largest absolute Gasteiger partial charge is 0.383 e. The summed E-state index contributed by atoms with van der Waals surface area (Å²) >= 11 is 0. The molecule has 1 N–H and O–H groups in total. The van der Waals surface area contributed by atoms with Crippen LogP contribution >= 0.6 is 0 Å². The van der Waals surface area contributed by atoms with Gasteiger partial charge >= 0.3 is 0 Å².